The topological polar surface area (TPSA) is 34.1 Å². The molecule has 0 radical (unpaired) electrons. The normalized spacial score (nSPS) is 13.3. The summed E-state index contributed by atoms with van der Waals surface area (Å²) < 4.78 is 0. The van der Waals surface area contributed by atoms with Crippen LogP contribution in [0.1, 0.15) is 60.3 Å². The van der Waals surface area contributed by atoms with E-state index < -0.39 is 8.07 Å². The van der Waals surface area contributed by atoms with Gasteiger partial charge in [0.2, 0.25) is 0 Å². The first-order valence-electron chi connectivity index (χ1n) is 7.52. The van der Waals surface area contributed by atoms with Gasteiger partial charge >= 0.3 is 21.1 Å². The molecule has 2 nitrogen and oxygen atoms in total. The summed E-state index contributed by atoms with van der Waals surface area (Å²) in [6, 6.07) is 0. The van der Waals surface area contributed by atoms with Gasteiger partial charge in [0.15, 0.2) is 0 Å². The molecule has 0 bridgehead atoms. The zero-order valence-electron chi connectivity index (χ0n) is 17.4. The molecule has 0 N–H and O–H groups in total. The Morgan fingerprint density at radius 3 is 1.17 bits per heavy atom. The molecule has 0 amide bonds. The first-order chi connectivity index (χ1) is 9.05. The van der Waals surface area contributed by atoms with Gasteiger partial charge in [0.25, 0.3) is 0 Å². The van der Waals surface area contributed by atoms with Crippen molar-refractivity contribution >= 4 is 21.7 Å². The molecule has 0 unspecified atom stereocenters. The molecule has 0 aromatic carbocycles. The van der Waals surface area contributed by atoms with E-state index in [0.29, 0.717) is 5.41 Å². The van der Waals surface area contributed by atoms with E-state index in [4.69, 9.17) is 9.59 Å². The van der Waals surface area contributed by atoms with E-state index in [2.05, 4.69) is 67.8 Å². The SMILES string of the molecule is CC(C)C(C)(C)C.C[Si](C)(C)C1CCCC1.[CH-]=O.[CH-]=O.[CH3-].[CH3-].[Mo+4]. The van der Waals surface area contributed by atoms with Gasteiger partial charge in [0.05, 0.1) is 0 Å². The second-order valence-electron chi connectivity index (χ2n) is 7.87. The second-order valence-corrected chi connectivity index (χ2v) is 13.4. The van der Waals surface area contributed by atoms with Crippen molar-refractivity contribution < 1.29 is 30.7 Å². The molecule has 1 rings (SSSR count). The van der Waals surface area contributed by atoms with E-state index in [1.807, 2.05) is 0 Å². The van der Waals surface area contributed by atoms with Gasteiger partial charge in [-0.2, -0.15) is 0 Å². The van der Waals surface area contributed by atoms with Crippen LogP contribution in [0.3, 0.4) is 0 Å². The van der Waals surface area contributed by atoms with E-state index in [1.165, 1.54) is 25.7 Å². The second kappa shape index (κ2) is 20.3. The molecule has 1 aliphatic rings. The summed E-state index contributed by atoms with van der Waals surface area (Å²) in [5, 5.41) is 0. The maximum Gasteiger partial charge on any atom is 4.00 e. The first kappa shape index (κ1) is 38.7. The molecule has 0 spiro atoms. The minimum Gasteiger partial charge on any atom is -0.545 e. The smallest absolute Gasteiger partial charge is 0.545 e. The molecule has 23 heavy (non-hydrogen) atoms. The predicted octanol–water partition coefficient (Wildman–Crippen LogP) is 6.31. The van der Waals surface area contributed by atoms with Crippen LogP contribution in [0.4, 0.5) is 0 Å². The molecule has 0 aliphatic heterocycles. The molecular weight excluding hydrogens is 384 g/mol. The summed E-state index contributed by atoms with van der Waals surface area (Å²) >= 11 is 0. The Bertz CT molecular complexity index is 212. The van der Waals surface area contributed by atoms with Crippen LogP contribution in [-0.2, 0) is 30.7 Å². The van der Waals surface area contributed by atoms with Crippen LogP contribution < -0.4 is 0 Å². The Morgan fingerprint density at radius 2 is 1.09 bits per heavy atom. The van der Waals surface area contributed by atoms with Gasteiger partial charge in [-0.15, -0.1) is 0 Å². The van der Waals surface area contributed by atoms with Crippen molar-refractivity contribution in [3.05, 3.63) is 14.9 Å². The van der Waals surface area contributed by atoms with Crippen LogP contribution in [0.2, 0.25) is 25.2 Å². The van der Waals surface area contributed by atoms with Crippen molar-refractivity contribution in [2.24, 2.45) is 11.3 Å². The molecule has 1 aliphatic carbocycles. The Hall–Kier alpha value is 0.245. The van der Waals surface area contributed by atoms with E-state index in [0.717, 1.165) is 11.5 Å². The molecular formula is C19H42MoO2Si. The summed E-state index contributed by atoms with van der Waals surface area (Å²) in [6.07, 6.45) is 6.09. The fourth-order valence-corrected chi connectivity index (χ4v) is 3.93. The Balaban J connectivity index is -0.0000000473. The molecule has 0 aromatic heterocycles. The summed E-state index contributed by atoms with van der Waals surface area (Å²) in [5.74, 6) is 0.799. The van der Waals surface area contributed by atoms with E-state index in [1.54, 1.807) is 0 Å². The molecule has 0 atom stereocenters. The van der Waals surface area contributed by atoms with Crippen molar-refractivity contribution in [2.75, 3.05) is 0 Å². The van der Waals surface area contributed by atoms with Gasteiger partial charge in [-0.3, -0.25) is 13.6 Å². The van der Waals surface area contributed by atoms with Crippen LogP contribution >= 0.6 is 0 Å². The largest absolute Gasteiger partial charge is 4.00 e. The van der Waals surface area contributed by atoms with Gasteiger partial charge in [-0.25, -0.2) is 0 Å². The molecule has 140 valence electrons. The van der Waals surface area contributed by atoms with E-state index >= 15 is 0 Å². The zero-order chi connectivity index (χ0) is 17.0. The van der Waals surface area contributed by atoms with Crippen molar-refractivity contribution in [3.63, 3.8) is 0 Å². The Labute approximate surface area is 163 Å². The van der Waals surface area contributed by atoms with Crippen LogP contribution in [0.25, 0.3) is 0 Å². The maximum absolute atomic E-state index is 7.75. The maximum atomic E-state index is 7.75. The third-order valence-electron chi connectivity index (χ3n) is 4.31. The third kappa shape index (κ3) is 24.6. The van der Waals surface area contributed by atoms with E-state index in [-0.39, 0.29) is 35.9 Å². The van der Waals surface area contributed by atoms with Crippen molar-refractivity contribution in [3.8, 4) is 0 Å². The monoisotopic (exact) mass is 428 g/mol. The van der Waals surface area contributed by atoms with Crippen LogP contribution in [0, 0.1) is 26.2 Å². The van der Waals surface area contributed by atoms with Gasteiger partial charge in [0.1, 0.15) is 0 Å². The quantitative estimate of drug-likeness (QED) is 0.280. The molecule has 1 saturated carbocycles. The number of hydrogen-bond donors (Lipinski definition) is 0. The van der Waals surface area contributed by atoms with Gasteiger partial charge in [-0.05, 0) is 16.9 Å². The number of hydrogen-bond acceptors (Lipinski definition) is 2. The molecule has 0 aromatic rings. The fourth-order valence-electron chi connectivity index (χ4n) is 1.79. The average Bonchev–Trinajstić information content (AvgIpc) is 2.87. The van der Waals surface area contributed by atoms with E-state index in [9.17, 15) is 0 Å². The minimum absolute atomic E-state index is 0. The standard InChI is InChI=1S/C8H18Si.C7H16.2CHO.2CH3.Mo/c1-9(2,3)8-6-4-5-7-8;1-6(2)7(3,4)5;2*1-2;;;/h8H,4-7H2,1-3H3;6H,1-5H3;2*1H;2*1H3;/q;;4*-1;+4. The number of carbonyl (C=O) groups excluding carboxylic acids is 2. The van der Waals surface area contributed by atoms with Gasteiger partial charge in [-0.1, -0.05) is 79.9 Å². The van der Waals surface area contributed by atoms with Crippen molar-refractivity contribution in [1.29, 1.82) is 0 Å². The minimum atomic E-state index is -0.724. The molecule has 4 heteroatoms. The summed E-state index contributed by atoms with van der Waals surface area (Å²) in [6.45, 7) is 25.3. The molecule has 0 saturated heterocycles. The van der Waals surface area contributed by atoms with Crippen LogP contribution in [0.15, 0.2) is 0 Å². The number of rotatable bonds is 1. The summed E-state index contributed by atoms with van der Waals surface area (Å²) in [4.78, 5) is 15.5. The zero-order valence-corrected chi connectivity index (χ0v) is 20.4. The third-order valence-corrected chi connectivity index (χ3v) is 7.34. The van der Waals surface area contributed by atoms with Crippen molar-refractivity contribution in [2.45, 2.75) is 85.5 Å². The average molecular weight is 427 g/mol. The van der Waals surface area contributed by atoms with Crippen LogP contribution in [-0.4, -0.2) is 21.7 Å². The molecule has 1 fully saturated rings. The van der Waals surface area contributed by atoms with Gasteiger partial charge in [0, 0.05) is 8.07 Å². The molecule has 0 heterocycles. The summed E-state index contributed by atoms with van der Waals surface area (Å²) in [7, 11) is -0.724. The first-order valence-corrected chi connectivity index (χ1v) is 11.1. The fraction of sp³-hybridized carbons (Fsp3) is 0.789. The van der Waals surface area contributed by atoms with Crippen LogP contribution in [0.5, 0.6) is 0 Å². The van der Waals surface area contributed by atoms with Crippen molar-refractivity contribution in [1.82, 2.24) is 0 Å². The predicted molar refractivity (Wildman–Crippen MR) is 106 cm³/mol. The van der Waals surface area contributed by atoms with Gasteiger partial charge < -0.3 is 24.4 Å². The Kier molecular flexibility index (Phi) is 34.1. The summed E-state index contributed by atoms with van der Waals surface area (Å²) in [5.41, 5.74) is 1.65. The Morgan fingerprint density at radius 1 is 0.870 bits per heavy atom.